The molecule has 2 atom stereocenters. The van der Waals surface area contributed by atoms with E-state index in [-0.39, 0.29) is 23.8 Å². The van der Waals surface area contributed by atoms with Gasteiger partial charge in [0.25, 0.3) is 5.91 Å². The van der Waals surface area contributed by atoms with Crippen LogP contribution in [0.5, 0.6) is 0 Å². The Morgan fingerprint density at radius 3 is 2.42 bits per heavy atom. The summed E-state index contributed by atoms with van der Waals surface area (Å²) in [7, 11) is 1.74. The quantitative estimate of drug-likeness (QED) is 0.755. The van der Waals surface area contributed by atoms with Crippen molar-refractivity contribution in [2.45, 2.75) is 23.7 Å². The molecule has 136 valence electrons. The fourth-order valence-corrected chi connectivity index (χ4v) is 3.31. The molecule has 1 fully saturated rings. The lowest BCUT2D eigenvalue weighted by molar-refractivity contribution is -0.133. The second-order valence-corrected chi connectivity index (χ2v) is 8.13. The van der Waals surface area contributed by atoms with Gasteiger partial charge in [0.05, 0.1) is 12.0 Å². The molecule has 4 nitrogen and oxygen atoms in total. The molecule has 2 aromatic carbocycles. The number of hydrogen-bond acceptors (Lipinski definition) is 2. The number of alkyl halides is 2. The Morgan fingerprint density at radius 2 is 1.81 bits per heavy atom. The minimum Gasteiger partial charge on any atom is -0.339 e. The summed E-state index contributed by atoms with van der Waals surface area (Å²) >= 11 is 12.0. The Bertz CT molecular complexity index is 824. The lowest BCUT2D eigenvalue weighted by atomic mass is 10.1. The number of hydrogen-bond donors (Lipinski definition) is 1. The number of carbonyl (C=O) groups excluding carboxylic acids is 2. The summed E-state index contributed by atoms with van der Waals surface area (Å²) in [5.74, 6) is -0.590. The average molecular weight is 391 g/mol. The van der Waals surface area contributed by atoms with E-state index in [1.807, 2.05) is 49.4 Å². The summed E-state index contributed by atoms with van der Waals surface area (Å²) in [5, 5.41) is 2.89. The van der Waals surface area contributed by atoms with Gasteiger partial charge in [0.1, 0.15) is 4.33 Å². The summed E-state index contributed by atoms with van der Waals surface area (Å²) < 4.78 is -0.934. The summed E-state index contributed by atoms with van der Waals surface area (Å²) in [4.78, 5) is 26.4. The topological polar surface area (TPSA) is 49.4 Å². The van der Waals surface area contributed by atoms with Crippen molar-refractivity contribution in [3.63, 3.8) is 0 Å². The molecule has 26 heavy (non-hydrogen) atoms. The van der Waals surface area contributed by atoms with Crippen LogP contribution in [0.25, 0.3) is 0 Å². The second kappa shape index (κ2) is 7.29. The number of halogens is 2. The zero-order valence-corrected chi connectivity index (χ0v) is 16.1. The number of rotatable bonds is 5. The molecule has 2 amide bonds. The van der Waals surface area contributed by atoms with Crippen molar-refractivity contribution in [2.75, 3.05) is 12.4 Å². The fourth-order valence-electron chi connectivity index (χ4n) is 2.81. The molecule has 0 spiro atoms. The van der Waals surface area contributed by atoms with Gasteiger partial charge in [0.15, 0.2) is 0 Å². The molecule has 1 saturated carbocycles. The van der Waals surface area contributed by atoms with Crippen LogP contribution >= 0.6 is 23.2 Å². The van der Waals surface area contributed by atoms with Gasteiger partial charge in [-0.1, -0.05) is 30.3 Å². The molecule has 0 radical (unpaired) electrons. The third-order valence-corrected chi connectivity index (χ3v) is 5.55. The van der Waals surface area contributed by atoms with E-state index < -0.39 is 4.33 Å². The van der Waals surface area contributed by atoms with Crippen LogP contribution in [-0.4, -0.2) is 28.1 Å². The highest BCUT2D eigenvalue weighted by molar-refractivity contribution is 6.52. The fraction of sp³-hybridized carbons (Fsp3) is 0.300. The van der Waals surface area contributed by atoms with Gasteiger partial charge in [0.2, 0.25) is 5.91 Å². The maximum atomic E-state index is 12.5. The van der Waals surface area contributed by atoms with Gasteiger partial charge in [-0.25, -0.2) is 0 Å². The first-order valence-corrected chi connectivity index (χ1v) is 9.16. The van der Waals surface area contributed by atoms with E-state index in [4.69, 9.17) is 23.2 Å². The number of nitrogens with one attached hydrogen (secondary N) is 1. The Hall–Kier alpha value is -2.04. The normalized spacial score (nSPS) is 18.7. The van der Waals surface area contributed by atoms with Gasteiger partial charge in [-0.2, -0.15) is 0 Å². The van der Waals surface area contributed by atoms with Crippen molar-refractivity contribution >= 4 is 40.7 Å². The Morgan fingerprint density at radius 1 is 1.15 bits per heavy atom. The zero-order valence-electron chi connectivity index (χ0n) is 14.6. The van der Waals surface area contributed by atoms with E-state index in [9.17, 15) is 9.59 Å². The molecule has 3 rings (SSSR count). The standard InChI is InChI=1S/C20H20Cl2N2O2/c1-13(24(2)19(26)17-12-20(17,21)22)15-9-6-10-16(11-15)23-18(25)14-7-4-3-5-8-14/h3-11,13,17H,12H2,1-2H3,(H,23,25). The zero-order chi connectivity index (χ0) is 18.9. The third kappa shape index (κ3) is 4.02. The lowest BCUT2D eigenvalue weighted by Crippen LogP contribution is -2.32. The molecule has 2 aromatic rings. The van der Waals surface area contributed by atoms with E-state index in [1.54, 1.807) is 24.1 Å². The number of nitrogens with zero attached hydrogens (tertiary/aromatic N) is 1. The van der Waals surface area contributed by atoms with Gasteiger partial charge < -0.3 is 10.2 Å². The van der Waals surface area contributed by atoms with E-state index in [0.29, 0.717) is 17.7 Å². The van der Waals surface area contributed by atoms with E-state index >= 15 is 0 Å². The van der Waals surface area contributed by atoms with Crippen LogP contribution in [0.4, 0.5) is 5.69 Å². The molecule has 0 aliphatic heterocycles. The van der Waals surface area contributed by atoms with Crippen LogP contribution in [0.2, 0.25) is 0 Å². The molecule has 0 aromatic heterocycles. The largest absolute Gasteiger partial charge is 0.339 e. The van der Waals surface area contributed by atoms with Crippen molar-refractivity contribution in [3.8, 4) is 0 Å². The molecule has 1 aliphatic carbocycles. The van der Waals surface area contributed by atoms with Crippen molar-refractivity contribution in [3.05, 3.63) is 65.7 Å². The number of anilines is 1. The molecular weight excluding hydrogens is 371 g/mol. The number of carbonyl (C=O) groups is 2. The molecule has 6 heteroatoms. The van der Waals surface area contributed by atoms with Crippen molar-refractivity contribution < 1.29 is 9.59 Å². The Balaban J connectivity index is 1.70. The van der Waals surface area contributed by atoms with Crippen molar-refractivity contribution in [1.82, 2.24) is 4.90 Å². The summed E-state index contributed by atoms with van der Waals surface area (Å²) in [6.07, 6.45) is 0.485. The van der Waals surface area contributed by atoms with Gasteiger partial charge in [0, 0.05) is 18.3 Å². The smallest absolute Gasteiger partial charge is 0.255 e. The third-order valence-electron chi connectivity index (χ3n) is 4.72. The highest BCUT2D eigenvalue weighted by Gasteiger charge is 2.57. The number of amides is 2. The van der Waals surface area contributed by atoms with Crippen molar-refractivity contribution in [2.24, 2.45) is 5.92 Å². The first kappa shape index (κ1) is 18.7. The summed E-state index contributed by atoms with van der Waals surface area (Å²) in [6.45, 7) is 1.93. The van der Waals surface area contributed by atoms with Crippen LogP contribution in [0.15, 0.2) is 54.6 Å². The van der Waals surface area contributed by atoms with Gasteiger partial charge in [-0.3, -0.25) is 9.59 Å². The molecule has 0 saturated heterocycles. The monoisotopic (exact) mass is 390 g/mol. The van der Waals surface area contributed by atoms with Crippen LogP contribution in [0.1, 0.15) is 35.3 Å². The molecule has 2 unspecified atom stereocenters. The highest BCUT2D eigenvalue weighted by Crippen LogP contribution is 2.54. The molecule has 0 bridgehead atoms. The van der Waals surface area contributed by atoms with E-state index in [2.05, 4.69) is 5.32 Å². The first-order chi connectivity index (χ1) is 12.3. The van der Waals surface area contributed by atoms with Gasteiger partial charge in [-0.15, -0.1) is 23.2 Å². The van der Waals surface area contributed by atoms with Crippen LogP contribution in [-0.2, 0) is 4.79 Å². The minimum absolute atomic E-state index is 0.0683. The van der Waals surface area contributed by atoms with Gasteiger partial charge in [-0.05, 0) is 43.2 Å². The maximum Gasteiger partial charge on any atom is 0.255 e. The molecular formula is C20H20Cl2N2O2. The van der Waals surface area contributed by atoms with E-state index in [1.165, 1.54) is 0 Å². The predicted molar refractivity (Wildman–Crippen MR) is 105 cm³/mol. The molecule has 0 heterocycles. The second-order valence-electron chi connectivity index (χ2n) is 6.59. The van der Waals surface area contributed by atoms with Crippen LogP contribution < -0.4 is 5.32 Å². The maximum absolute atomic E-state index is 12.5. The highest BCUT2D eigenvalue weighted by atomic mass is 35.5. The summed E-state index contributed by atoms with van der Waals surface area (Å²) in [6, 6.07) is 16.3. The summed E-state index contributed by atoms with van der Waals surface area (Å²) in [5.41, 5.74) is 2.19. The number of benzene rings is 2. The van der Waals surface area contributed by atoms with Crippen LogP contribution in [0, 0.1) is 5.92 Å². The van der Waals surface area contributed by atoms with Crippen molar-refractivity contribution in [1.29, 1.82) is 0 Å². The SMILES string of the molecule is CC(c1cccc(NC(=O)c2ccccc2)c1)N(C)C(=O)C1CC1(Cl)Cl. The molecule has 1 aliphatic rings. The van der Waals surface area contributed by atoms with Crippen LogP contribution in [0.3, 0.4) is 0 Å². The average Bonchev–Trinajstić information content (AvgIpc) is 3.29. The lowest BCUT2D eigenvalue weighted by Gasteiger charge is -2.26. The Labute approximate surface area is 163 Å². The van der Waals surface area contributed by atoms with Gasteiger partial charge >= 0.3 is 0 Å². The molecule has 1 N–H and O–H groups in total. The first-order valence-electron chi connectivity index (χ1n) is 8.40. The Kier molecular flexibility index (Phi) is 5.26. The predicted octanol–water partition coefficient (Wildman–Crippen LogP) is 4.65. The van der Waals surface area contributed by atoms with E-state index in [0.717, 1.165) is 5.56 Å². The minimum atomic E-state index is -0.934.